The maximum atomic E-state index is 5.67. The molecule has 0 N–H and O–H groups in total. The molecule has 0 radical (unpaired) electrons. The van der Waals surface area contributed by atoms with Gasteiger partial charge in [-0.2, -0.15) is 25.7 Å². The third kappa shape index (κ3) is 23.7. The third-order valence-corrected chi connectivity index (χ3v) is 17.1. The second kappa shape index (κ2) is 30.6. The van der Waals surface area contributed by atoms with Crippen molar-refractivity contribution in [2.24, 2.45) is 0 Å². The van der Waals surface area contributed by atoms with Gasteiger partial charge in [-0.3, -0.25) is 0 Å². The average molecular weight is 825 g/mol. The summed E-state index contributed by atoms with van der Waals surface area (Å²) in [5.41, 5.74) is 5.72. The van der Waals surface area contributed by atoms with Crippen molar-refractivity contribution < 1.29 is 13.5 Å². The Labute approximate surface area is 316 Å². The van der Waals surface area contributed by atoms with Crippen molar-refractivity contribution in [3.8, 4) is 0 Å². The van der Waals surface area contributed by atoms with Gasteiger partial charge in [-0.15, -0.1) is 17.2 Å². The zero-order chi connectivity index (χ0) is 33.7. The minimum absolute atomic E-state index is 1.12. The summed E-state index contributed by atoms with van der Waals surface area (Å²) < 4.78 is 1.92. The monoisotopic (exact) mass is 824 g/mol. The first-order valence-electron chi connectivity index (χ1n) is 20.7. The standard InChI is InChI=1S/2C12H23P.C7H6.2C6H11.2ClH.Ru/c2*1-3-7-11(8-4-1)13-12-9-5-2-6-10-12;1-7-5-3-2-4-6-7;2*1-2-4-6-5-3-1;;;/h2*11-13H,1-10H2;1-6H;2*1H,2-6H2;2*1H;/q;;;2*-1;;;+2/p-2. The Bertz CT molecular complexity index is 759. The van der Waals surface area contributed by atoms with Gasteiger partial charge in [0.2, 0.25) is 0 Å². The summed E-state index contributed by atoms with van der Waals surface area (Å²) in [5.74, 6) is 0. The zero-order valence-corrected chi connectivity index (χ0v) is 36.0. The topological polar surface area (TPSA) is 0 Å². The molecule has 0 nitrogen and oxygen atoms in total. The van der Waals surface area contributed by atoms with Gasteiger partial charge in [0.1, 0.15) is 0 Å². The van der Waals surface area contributed by atoms with Crippen LogP contribution in [0.15, 0.2) is 30.3 Å². The van der Waals surface area contributed by atoms with Crippen molar-refractivity contribution in [2.75, 3.05) is 0 Å². The SMILES string of the molecule is C1CCC(PC2CCCCC2)CC1.C1CCC(PC2CCCCC2)CC1.[CH-]1CCCCC1.[CH-]1CCCCC1.[Cl][Ru]([Cl])=[CH]c1ccccc1. The molecule has 7 rings (SSSR count). The first-order valence-corrected chi connectivity index (χ1v) is 28.5. The summed E-state index contributed by atoms with van der Waals surface area (Å²) in [6.07, 6.45) is 49.9. The third-order valence-electron chi connectivity index (χ3n) is 11.0. The average Bonchev–Trinajstić information content (AvgIpc) is 3.16. The molecule has 0 amide bonds. The molecule has 280 valence electrons. The number of halogens is 2. The summed E-state index contributed by atoms with van der Waals surface area (Å²) >= 11 is -1.61. The van der Waals surface area contributed by atoms with E-state index in [2.05, 4.69) is 12.8 Å². The normalized spacial score (nSPS) is 23.2. The van der Waals surface area contributed by atoms with E-state index in [1.165, 1.54) is 158 Å². The Morgan fingerprint density at radius 2 is 0.729 bits per heavy atom. The fourth-order valence-electron chi connectivity index (χ4n) is 8.15. The molecular weight excluding hydrogens is 750 g/mol. The van der Waals surface area contributed by atoms with Crippen LogP contribution in [0.5, 0.6) is 0 Å². The first kappa shape index (κ1) is 43.6. The summed E-state index contributed by atoms with van der Waals surface area (Å²) in [6.45, 7) is 0. The molecule has 1 aromatic rings. The van der Waals surface area contributed by atoms with Crippen LogP contribution in [0.3, 0.4) is 0 Å². The van der Waals surface area contributed by atoms with Crippen LogP contribution in [0, 0.1) is 12.8 Å². The van der Waals surface area contributed by atoms with Crippen molar-refractivity contribution in [2.45, 2.75) is 215 Å². The predicted molar refractivity (Wildman–Crippen MR) is 222 cm³/mol. The minimum atomic E-state index is -1.61. The fraction of sp³-hybridized carbons (Fsp3) is 0.791. The van der Waals surface area contributed by atoms with Crippen LogP contribution in [-0.2, 0) is 13.5 Å². The molecule has 0 saturated heterocycles. The Hall–Kier alpha value is 1.15. The second-order valence-electron chi connectivity index (χ2n) is 15.2. The molecule has 1 aromatic carbocycles. The number of rotatable bonds is 5. The fourth-order valence-corrected chi connectivity index (χ4v) is 14.3. The summed E-state index contributed by atoms with van der Waals surface area (Å²) in [7, 11) is 14.0. The van der Waals surface area contributed by atoms with E-state index in [9.17, 15) is 0 Å². The van der Waals surface area contributed by atoms with E-state index in [0.717, 1.165) is 28.2 Å². The van der Waals surface area contributed by atoms with Gasteiger partial charge in [0, 0.05) is 0 Å². The molecule has 0 bridgehead atoms. The molecule has 6 aliphatic rings. The Balaban J connectivity index is 0.000000169. The molecule has 0 aromatic heterocycles. The quantitative estimate of drug-likeness (QED) is 0.158. The number of hydrogen-bond donors (Lipinski definition) is 0. The van der Waals surface area contributed by atoms with Gasteiger partial charge in [0.25, 0.3) is 0 Å². The van der Waals surface area contributed by atoms with Gasteiger partial charge in [0.15, 0.2) is 0 Å². The first-order chi connectivity index (χ1) is 23.7. The van der Waals surface area contributed by atoms with Gasteiger partial charge >= 0.3 is 73.4 Å². The van der Waals surface area contributed by atoms with Gasteiger partial charge in [-0.25, -0.2) is 0 Å². The molecule has 48 heavy (non-hydrogen) atoms. The van der Waals surface area contributed by atoms with E-state index in [0.29, 0.717) is 0 Å². The molecule has 6 saturated carbocycles. The van der Waals surface area contributed by atoms with Crippen molar-refractivity contribution in [1.82, 2.24) is 0 Å². The Morgan fingerprint density at radius 3 is 0.958 bits per heavy atom. The summed E-state index contributed by atoms with van der Waals surface area (Å²) in [5, 5.41) is 0. The van der Waals surface area contributed by atoms with Gasteiger partial charge in [-0.1, -0.05) is 116 Å². The van der Waals surface area contributed by atoms with Gasteiger partial charge < -0.3 is 12.8 Å². The van der Waals surface area contributed by atoms with Gasteiger partial charge in [-0.05, 0) is 74.0 Å². The number of hydrogen-bond acceptors (Lipinski definition) is 0. The van der Waals surface area contributed by atoms with Crippen LogP contribution in [0.4, 0.5) is 0 Å². The van der Waals surface area contributed by atoms with E-state index in [-0.39, 0.29) is 0 Å². The Kier molecular flexibility index (Phi) is 27.8. The van der Waals surface area contributed by atoms with E-state index in [1.54, 1.807) is 51.4 Å². The van der Waals surface area contributed by atoms with Crippen LogP contribution >= 0.6 is 36.5 Å². The summed E-state index contributed by atoms with van der Waals surface area (Å²) in [4.78, 5) is 0. The molecule has 6 fully saturated rings. The van der Waals surface area contributed by atoms with Crippen molar-refractivity contribution in [3.05, 3.63) is 48.7 Å². The van der Waals surface area contributed by atoms with Gasteiger partial charge in [0.05, 0.1) is 0 Å². The molecule has 0 atom stereocenters. The van der Waals surface area contributed by atoms with E-state index < -0.39 is 13.5 Å². The van der Waals surface area contributed by atoms with E-state index in [4.69, 9.17) is 19.4 Å². The second-order valence-corrected chi connectivity index (χ2v) is 24.9. The Morgan fingerprint density at radius 1 is 0.438 bits per heavy atom. The zero-order valence-electron chi connectivity index (χ0n) is 30.8. The van der Waals surface area contributed by atoms with Crippen molar-refractivity contribution in [3.63, 3.8) is 0 Å². The van der Waals surface area contributed by atoms with E-state index in [1.807, 2.05) is 34.9 Å². The van der Waals surface area contributed by atoms with E-state index >= 15 is 0 Å². The van der Waals surface area contributed by atoms with Crippen LogP contribution in [-0.4, -0.2) is 27.2 Å². The summed E-state index contributed by atoms with van der Waals surface area (Å²) in [6, 6.07) is 9.89. The van der Waals surface area contributed by atoms with Crippen molar-refractivity contribution >= 4 is 41.2 Å². The maximum absolute atomic E-state index is 5.67. The van der Waals surface area contributed by atoms with Crippen LogP contribution in [0.1, 0.15) is 198 Å². The van der Waals surface area contributed by atoms with Crippen LogP contribution in [0.2, 0.25) is 0 Å². The molecule has 5 heteroatoms. The molecule has 0 spiro atoms. The molecular formula is C43H74Cl2P2Ru-2. The molecule has 6 aliphatic carbocycles. The molecule has 0 aliphatic heterocycles. The van der Waals surface area contributed by atoms with Crippen molar-refractivity contribution in [1.29, 1.82) is 0 Å². The molecule has 0 unspecified atom stereocenters. The number of benzene rings is 1. The van der Waals surface area contributed by atoms with Crippen LogP contribution in [0.25, 0.3) is 0 Å². The predicted octanol–water partition coefficient (Wildman–Crippen LogP) is 15.7. The molecule has 0 heterocycles. The van der Waals surface area contributed by atoms with Crippen LogP contribution < -0.4 is 0 Å².